The van der Waals surface area contributed by atoms with Gasteiger partial charge in [0.2, 0.25) is 5.91 Å². The van der Waals surface area contributed by atoms with E-state index in [1.54, 1.807) is 31.4 Å². The van der Waals surface area contributed by atoms with Crippen LogP contribution in [-0.4, -0.2) is 18.1 Å². The quantitative estimate of drug-likeness (QED) is 0.763. The van der Waals surface area contributed by atoms with Gasteiger partial charge in [0.05, 0.1) is 13.7 Å². The molecule has 0 aliphatic carbocycles. The fourth-order valence-corrected chi connectivity index (χ4v) is 2.44. The lowest BCUT2D eigenvalue weighted by molar-refractivity contribution is -0.112. The van der Waals surface area contributed by atoms with Gasteiger partial charge in [-0.15, -0.1) is 0 Å². The molecule has 4 nitrogen and oxygen atoms in total. The van der Waals surface area contributed by atoms with E-state index in [0.717, 1.165) is 18.4 Å². The third-order valence-electron chi connectivity index (χ3n) is 3.75. The molecule has 0 heterocycles. The first-order valence-electron chi connectivity index (χ1n) is 7.92. The van der Waals surface area contributed by atoms with E-state index >= 15 is 0 Å². The Kier molecular flexibility index (Phi) is 6.58. The Hall–Kier alpha value is -2.59. The topological polar surface area (TPSA) is 58.6 Å². The molecule has 0 spiro atoms. The Morgan fingerprint density at radius 1 is 1.21 bits per heavy atom. The first-order chi connectivity index (χ1) is 11.6. The minimum atomic E-state index is -0.172. The SMILES string of the molecule is COc1ccc(NC(=O)/C=C(/C)CCc2ccccc2)cc1CO. The Morgan fingerprint density at radius 3 is 2.62 bits per heavy atom. The monoisotopic (exact) mass is 325 g/mol. The summed E-state index contributed by atoms with van der Waals surface area (Å²) in [5.41, 5.74) is 3.55. The van der Waals surface area contributed by atoms with E-state index in [-0.39, 0.29) is 12.5 Å². The van der Waals surface area contributed by atoms with Crippen LogP contribution in [0, 0.1) is 0 Å². The van der Waals surface area contributed by atoms with Crippen LogP contribution in [0.25, 0.3) is 0 Å². The number of carbonyl (C=O) groups excluding carboxylic acids is 1. The highest BCUT2D eigenvalue weighted by molar-refractivity contribution is 5.99. The van der Waals surface area contributed by atoms with Gasteiger partial charge in [-0.1, -0.05) is 35.9 Å². The van der Waals surface area contributed by atoms with Crippen LogP contribution < -0.4 is 10.1 Å². The standard InChI is InChI=1S/C20H23NO3/c1-15(8-9-16-6-4-3-5-7-16)12-20(23)21-18-10-11-19(24-2)17(13-18)14-22/h3-7,10-13,22H,8-9,14H2,1-2H3,(H,21,23)/b15-12-. The number of hydrogen-bond donors (Lipinski definition) is 2. The highest BCUT2D eigenvalue weighted by Crippen LogP contribution is 2.22. The zero-order chi connectivity index (χ0) is 17.4. The normalized spacial score (nSPS) is 11.2. The molecule has 0 fully saturated rings. The summed E-state index contributed by atoms with van der Waals surface area (Å²) in [4.78, 5) is 12.1. The molecule has 126 valence electrons. The van der Waals surface area contributed by atoms with Crippen LogP contribution in [0.5, 0.6) is 5.75 Å². The van der Waals surface area contributed by atoms with Crippen LogP contribution in [0.1, 0.15) is 24.5 Å². The van der Waals surface area contributed by atoms with Crippen LogP contribution in [0.15, 0.2) is 60.2 Å². The number of aliphatic hydroxyl groups is 1. The molecule has 24 heavy (non-hydrogen) atoms. The number of methoxy groups -OCH3 is 1. The number of amides is 1. The van der Waals surface area contributed by atoms with Gasteiger partial charge in [-0.2, -0.15) is 0 Å². The number of carbonyl (C=O) groups is 1. The molecule has 0 atom stereocenters. The number of nitrogens with one attached hydrogen (secondary N) is 1. The fourth-order valence-electron chi connectivity index (χ4n) is 2.44. The van der Waals surface area contributed by atoms with Crippen molar-refractivity contribution in [2.45, 2.75) is 26.4 Å². The Balaban J connectivity index is 1.94. The van der Waals surface area contributed by atoms with Gasteiger partial charge in [0, 0.05) is 17.3 Å². The summed E-state index contributed by atoms with van der Waals surface area (Å²) in [6, 6.07) is 15.4. The van der Waals surface area contributed by atoms with Crippen LogP contribution in [0.3, 0.4) is 0 Å². The van der Waals surface area contributed by atoms with E-state index in [9.17, 15) is 9.90 Å². The van der Waals surface area contributed by atoms with Crippen molar-refractivity contribution >= 4 is 11.6 Å². The van der Waals surface area contributed by atoms with Crippen molar-refractivity contribution in [3.05, 3.63) is 71.3 Å². The summed E-state index contributed by atoms with van der Waals surface area (Å²) >= 11 is 0. The highest BCUT2D eigenvalue weighted by Gasteiger charge is 2.05. The lowest BCUT2D eigenvalue weighted by Crippen LogP contribution is -2.09. The zero-order valence-corrected chi connectivity index (χ0v) is 14.1. The van der Waals surface area contributed by atoms with E-state index in [2.05, 4.69) is 17.4 Å². The van der Waals surface area contributed by atoms with E-state index in [0.29, 0.717) is 17.0 Å². The van der Waals surface area contributed by atoms with Crippen molar-refractivity contribution in [2.24, 2.45) is 0 Å². The summed E-state index contributed by atoms with van der Waals surface area (Å²) < 4.78 is 5.15. The lowest BCUT2D eigenvalue weighted by Gasteiger charge is -2.09. The molecule has 2 N–H and O–H groups in total. The van der Waals surface area contributed by atoms with Crippen LogP contribution >= 0.6 is 0 Å². The van der Waals surface area contributed by atoms with E-state index in [1.165, 1.54) is 5.56 Å². The lowest BCUT2D eigenvalue weighted by atomic mass is 10.1. The van der Waals surface area contributed by atoms with Gasteiger partial charge in [-0.3, -0.25) is 4.79 Å². The van der Waals surface area contributed by atoms with Crippen LogP contribution in [0.2, 0.25) is 0 Å². The maximum Gasteiger partial charge on any atom is 0.248 e. The van der Waals surface area contributed by atoms with Gasteiger partial charge in [0.15, 0.2) is 0 Å². The smallest absolute Gasteiger partial charge is 0.248 e. The summed E-state index contributed by atoms with van der Waals surface area (Å²) in [5.74, 6) is 0.430. The van der Waals surface area contributed by atoms with E-state index in [4.69, 9.17) is 4.74 Å². The Morgan fingerprint density at radius 2 is 1.96 bits per heavy atom. The average Bonchev–Trinajstić information content (AvgIpc) is 2.60. The largest absolute Gasteiger partial charge is 0.496 e. The summed E-state index contributed by atoms with van der Waals surface area (Å²) in [6.45, 7) is 1.81. The number of ether oxygens (including phenoxy) is 1. The van der Waals surface area contributed by atoms with Crippen molar-refractivity contribution < 1.29 is 14.6 Å². The maximum atomic E-state index is 12.1. The van der Waals surface area contributed by atoms with Gasteiger partial charge >= 0.3 is 0 Å². The molecule has 0 radical (unpaired) electrons. The minimum absolute atomic E-state index is 0.140. The Labute approximate surface area is 142 Å². The molecule has 4 heteroatoms. The number of benzene rings is 2. The van der Waals surface area contributed by atoms with Crippen molar-refractivity contribution in [2.75, 3.05) is 12.4 Å². The van der Waals surface area contributed by atoms with Gasteiger partial charge < -0.3 is 15.2 Å². The third-order valence-corrected chi connectivity index (χ3v) is 3.75. The second-order valence-corrected chi connectivity index (χ2v) is 5.65. The molecule has 0 unspecified atom stereocenters. The molecule has 0 aliphatic rings. The number of rotatable bonds is 7. The van der Waals surface area contributed by atoms with Gasteiger partial charge in [0.1, 0.15) is 5.75 Å². The number of aliphatic hydroxyl groups excluding tert-OH is 1. The molecule has 0 bridgehead atoms. The predicted molar refractivity (Wildman–Crippen MR) is 96.1 cm³/mol. The molecular weight excluding hydrogens is 302 g/mol. The second kappa shape index (κ2) is 8.89. The van der Waals surface area contributed by atoms with Gasteiger partial charge in [-0.05, 0) is 43.5 Å². The number of hydrogen-bond acceptors (Lipinski definition) is 3. The first kappa shape index (κ1) is 17.8. The number of aryl methyl sites for hydroxylation is 1. The van der Waals surface area contributed by atoms with Gasteiger partial charge in [-0.25, -0.2) is 0 Å². The predicted octanol–water partition coefficient (Wildman–Crippen LogP) is 3.71. The summed E-state index contributed by atoms with van der Waals surface area (Å²) in [7, 11) is 1.55. The van der Waals surface area contributed by atoms with E-state index in [1.807, 2.05) is 25.1 Å². The first-order valence-corrected chi connectivity index (χ1v) is 7.92. The van der Waals surface area contributed by atoms with E-state index < -0.39 is 0 Å². The molecule has 1 amide bonds. The van der Waals surface area contributed by atoms with Gasteiger partial charge in [0.25, 0.3) is 0 Å². The highest BCUT2D eigenvalue weighted by atomic mass is 16.5. The Bertz CT molecular complexity index is 708. The summed E-state index contributed by atoms with van der Waals surface area (Å²) in [6.07, 6.45) is 3.36. The minimum Gasteiger partial charge on any atom is -0.496 e. The second-order valence-electron chi connectivity index (χ2n) is 5.65. The van der Waals surface area contributed by atoms with Crippen molar-refractivity contribution in [1.29, 1.82) is 0 Å². The summed E-state index contributed by atoms with van der Waals surface area (Å²) in [5, 5.41) is 12.1. The van der Waals surface area contributed by atoms with Crippen molar-refractivity contribution in [1.82, 2.24) is 0 Å². The molecule has 0 aliphatic heterocycles. The van der Waals surface area contributed by atoms with Crippen LogP contribution in [-0.2, 0) is 17.8 Å². The zero-order valence-electron chi connectivity index (χ0n) is 14.1. The molecule has 2 aromatic carbocycles. The molecule has 0 saturated heterocycles. The number of anilines is 1. The van der Waals surface area contributed by atoms with Crippen LogP contribution in [0.4, 0.5) is 5.69 Å². The van der Waals surface area contributed by atoms with Crippen molar-refractivity contribution in [3.63, 3.8) is 0 Å². The maximum absolute atomic E-state index is 12.1. The number of allylic oxidation sites excluding steroid dienone is 1. The molecular formula is C20H23NO3. The third kappa shape index (κ3) is 5.25. The molecule has 0 saturated carbocycles. The molecule has 2 aromatic rings. The van der Waals surface area contributed by atoms with Crippen molar-refractivity contribution in [3.8, 4) is 5.75 Å². The average molecular weight is 325 g/mol. The fraction of sp³-hybridized carbons (Fsp3) is 0.250. The molecule has 0 aromatic heterocycles. The molecule has 2 rings (SSSR count).